The number of nitrogens with one attached hydrogen (secondary N) is 3. The standard InChI is InChI=1S/C12H14IN3O2/c1-7(17)8-2-4-9(5-3-8)15-12(18)11-10(13)6-14-16-11/h2-5,10-11,14,16H,6H2,1H3,(H,15,18). The van der Waals surface area contributed by atoms with Gasteiger partial charge in [0.05, 0.1) is 3.92 Å². The number of benzene rings is 1. The largest absolute Gasteiger partial charge is 0.325 e. The van der Waals surface area contributed by atoms with Crippen molar-refractivity contribution in [3.05, 3.63) is 29.8 Å². The third kappa shape index (κ3) is 3.06. The molecule has 1 aromatic rings. The van der Waals surface area contributed by atoms with E-state index >= 15 is 0 Å². The van der Waals surface area contributed by atoms with Crippen molar-refractivity contribution in [2.75, 3.05) is 11.9 Å². The number of hydrogen-bond acceptors (Lipinski definition) is 4. The van der Waals surface area contributed by atoms with Crippen molar-refractivity contribution < 1.29 is 9.59 Å². The maximum atomic E-state index is 12.0. The van der Waals surface area contributed by atoms with Gasteiger partial charge in [-0.3, -0.25) is 15.0 Å². The van der Waals surface area contributed by atoms with E-state index in [0.717, 1.165) is 6.54 Å². The first kappa shape index (κ1) is 13.4. The van der Waals surface area contributed by atoms with Crippen LogP contribution in [0, 0.1) is 0 Å². The first-order chi connectivity index (χ1) is 8.58. The van der Waals surface area contributed by atoms with Crippen LogP contribution >= 0.6 is 22.6 Å². The SMILES string of the molecule is CC(=O)c1ccc(NC(=O)C2NNCC2I)cc1. The van der Waals surface area contributed by atoms with Crippen LogP contribution in [0.4, 0.5) is 5.69 Å². The number of carbonyl (C=O) groups excluding carboxylic acids is 2. The van der Waals surface area contributed by atoms with Crippen LogP contribution < -0.4 is 16.2 Å². The minimum Gasteiger partial charge on any atom is -0.325 e. The van der Waals surface area contributed by atoms with Gasteiger partial charge in [-0.05, 0) is 31.2 Å². The number of anilines is 1. The lowest BCUT2D eigenvalue weighted by atomic mass is 10.1. The Morgan fingerprint density at radius 3 is 2.50 bits per heavy atom. The second-order valence-electron chi connectivity index (χ2n) is 4.14. The molecule has 1 amide bonds. The molecule has 0 aromatic heterocycles. The molecule has 0 aliphatic carbocycles. The molecule has 1 fully saturated rings. The molecule has 18 heavy (non-hydrogen) atoms. The lowest BCUT2D eigenvalue weighted by Crippen LogP contribution is -2.42. The maximum Gasteiger partial charge on any atom is 0.243 e. The smallest absolute Gasteiger partial charge is 0.243 e. The number of hydrogen-bond donors (Lipinski definition) is 3. The van der Waals surface area contributed by atoms with Gasteiger partial charge in [0.25, 0.3) is 0 Å². The number of amides is 1. The Bertz CT molecular complexity index is 461. The van der Waals surface area contributed by atoms with Gasteiger partial charge >= 0.3 is 0 Å². The average molecular weight is 359 g/mol. The van der Waals surface area contributed by atoms with E-state index in [9.17, 15) is 9.59 Å². The van der Waals surface area contributed by atoms with Crippen molar-refractivity contribution in [2.45, 2.75) is 16.9 Å². The van der Waals surface area contributed by atoms with Crippen molar-refractivity contribution in [1.82, 2.24) is 10.9 Å². The Morgan fingerprint density at radius 1 is 1.33 bits per heavy atom. The van der Waals surface area contributed by atoms with E-state index in [2.05, 4.69) is 38.8 Å². The van der Waals surface area contributed by atoms with E-state index in [-0.39, 0.29) is 21.7 Å². The predicted octanol–water partition coefficient (Wildman–Crippen LogP) is 1.11. The van der Waals surface area contributed by atoms with E-state index < -0.39 is 0 Å². The second kappa shape index (κ2) is 5.77. The van der Waals surface area contributed by atoms with Crippen molar-refractivity contribution in [3.63, 3.8) is 0 Å². The summed E-state index contributed by atoms with van der Waals surface area (Å²) < 4.78 is 0.221. The van der Waals surface area contributed by atoms with Crippen LogP contribution in [0.2, 0.25) is 0 Å². The highest BCUT2D eigenvalue weighted by Crippen LogP contribution is 2.14. The Balaban J connectivity index is 2.00. The molecule has 0 saturated carbocycles. The van der Waals surface area contributed by atoms with Crippen molar-refractivity contribution in [1.29, 1.82) is 0 Å². The van der Waals surface area contributed by atoms with E-state index in [1.54, 1.807) is 24.3 Å². The lowest BCUT2D eigenvalue weighted by Gasteiger charge is -2.13. The summed E-state index contributed by atoms with van der Waals surface area (Å²) in [5.74, 6) is -0.0585. The van der Waals surface area contributed by atoms with Gasteiger partial charge in [0.15, 0.2) is 5.78 Å². The summed E-state index contributed by atoms with van der Waals surface area (Å²) in [6.07, 6.45) is 0. The molecule has 1 aliphatic heterocycles. The van der Waals surface area contributed by atoms with Crippen LogP contribution in [0.25, 0.3) is 0 Å². The lowest BCUT2D eigenvalue weighted by molar-refractivity contribution is -0.117. The van der Waals surface area contributed by atoms with Crippen LogP contribution in [0.3, 0.4) is 0 Å². The molecule has 1 aliphatic rings. The number of alkyl halides is 1. The normalized spacial score (nSPS) is 22.8. The maximum absolute atomic E-state index is 12.0. The van der Waals surface area contributed by atoms with Gasteiger partial charge in [-0.15, -0.1) is 0 Å². The van der Waals surface area contributed by atoms with Crippen LogP contribution in [0.15, 0.2) is 24.3 Å². The zero-order valence-electron chi connectivity index (χ0n) is 9.87. The van der Waals surface area contributed by atoms with Gasteiger partial charge in [0.1, 0.15) is 6.04 Å². The molecule has 0 bridgehead atoms. The minimum absolute atomic E-state index is 0.0156. The summed E-state index contributed by atoms with van der Waals surface area (Å²) in [4.78, 5) is 23.1. The fourth-order valence-corrected chi connectivity index (χ4v) is 2.44. The first-order valence-corrected chi connectivity index (χ1v) is 6.87. The third-order valence-electron chi connectivity index (χ3n) is 2.76. The molecule has 5 nitrogen and oxygen atoms in total. The fourth-order valence-electron chi connectivity index (χ4n) is 1.71. The quantitative estimate of drug-likeness (QED) is 0.430. The topological polar surface area (TPSA) is 70.2 Å². The highest BCUT2D eigenvalue weighted by Gasteiger charge is 2.30. The number of rotatable bonds is 3. The third-order valence-corrected chi connectivity index (χ3v) is 3.92. The van der Waals surface area contributed by atoms with Crippen molar-refractivity contribution in [3.8, 4) is 0 Å². The monoisotopic (exact) mass is 359 g/mol. The number of ketones is 1. The van der Waals surface area contributed by atoms with Gasteiger partial charge in [0.2, 0.25) is 5.91 Å². The molecule has 0 radical (unpaired) electrons. The zero-order chi connectivity index (χ0) is 13.1. The van der Waals surface area contributed by atoms with E-state index in [1.165, 1.54) is 6.92 Å². The number of Topliss-reactive ketones (excluding diaryl/α,β-unsaturated/α-hetero) is 1. The summed E-state index contributed by atoms with van der Waals surface area (Å²) >= 11 is 2.24. The first-order valence-electron chi connectivity index (χ1n) is 5.62. The number of halogens is 1. The summed E-state index contributed by atoms with van der Waals surface area (Å²) in [7, 11) is 0. The Hall–Kier alpha value is -0.990. The highest BCUT2D eigenvalue weighted by molar-refractivity contribution is 14.1. The zero-order valence-corrected chi connectivity index (χ0v) is 12.0. The molecule has 0 spiro atoms. The Kier molecular flexibility index (Phi) is 4.31. The van der Waals surface area contributed by atoms with Crippen LogP contribution in [0.1, 0.15) is 17.3 Å². The molecule has 1 aromatic carbocycles. The Labute approximate surface area is 119 Å². The van der Waals surface area contributed by atoms with Gasteiger partial charge in [-0.2, -0.15) is 0 Å². The number of carbonyl (C=O) groups is 2. The molecule has 96 valence electrons. The van der Waals surface area contributed by atoms with Crippen molar-refractivity contribution in [2.24, 2.45) is 0 Å². The summed E-state index contributed by atoms with van der Waals surface area (Å²) in [5, 5.41) is 2.82. The van der Waals surface area contributed by atoms with Crippen LogP contribution in [0.5, 0.6) is 0 Å². The summed E-state index contributed by atoms with van der Waals surface area (Å²) in [6.45, 7) is 2.28. The van der Waals surface area contributed by atoms with E-state index in [1.807, 2.05) is 0 Å². The van der Waals surface area contributed by atoms with Gasteiger partial charge in [0, 0.05) is 17.8 Å². The van der Waals surface area contributed by atoms with Crippen LogP contribution in [-0.2, 0) is 4.79 Å². The predicted molar refractivity (Wildman–Crippen MR) is 77.8 cm³/mol. The molecule has 1 saturated heterocycles. The molecule has 3 N–H and O–H groups in total. The molecule has 2 atom stereocenters. The van der Waals surface area contributed by atoms with Crippen molar-refractivity contribution >= 4 is 40.0 Å². The van der Waals surface area contributed by atoms with Gasteiger partial charge < -0.3 is 5.32 Å². The minimum atomic E-state index is -0.238. The van der Waals surface area contributed by atoms with Gasteiger partial charge in [-0.1, -0.05) is 22.6 Å². The molecule has 1 heterocycles. The van der Waals surface area contributed by atoms with Gasteiger partial charge in [-0.25, -0.2) is 5.43 Å². The molecule has 2 unspecified atom stereocenters. The summed E-state index contributed by atoms with van der Waals surface area (Å²) in [5.41, 5.74) is 7.22. The van der Waals surface area contributed by atoms with E-state index in [0.29, 0.717) is 11.3 Å². The highest BCUT2D eigenvalue weighted by atomic mass is 127. The van der Waals surface area contributed by atoms with E-state index in [4.69, 9.17) is 0 Å². The molecule has 2 rings (SSSR count). The Morgan fingerprint density at radius 2 is 2.00 bits per heavy atom. The van der Waals surface area contributed by atoms with Crippen LogP contribution in [-0.4, -0.2) is 28.2 Å². The number of hydrazine groups is 1. The molecular weight excluding hydrogens is 345 g/mol. The molecular formula is C12H14IN3O2. The molecule has 6 heteroatoms. The fraction of sp³-hybridized carbons (Fsp3) is 0.333. The average Bonchev–Trinajstić information content (AvgIpc) is 2.76. The second-order valence-corrected chi connectivity index (χ2v) is 5.74. The summed E-state index contributed by atoms with van der Waals surface area (Å²) in [6, 6.07) is 6.65.